The van der Waals surface area contributed by atoms with E-state index in [0.29, 0.717) is 13.0 Å². The van der Waals surface area contributed by atoms with Gasteiger partial charge in [-0.1, -0.05) is 41.9 Å². The molecule has 0 aromatic heterocycles. The second-order valence-electron chi connectivity index (χ2n) is 5.80. The van der Waals surface area contributed by atoms with Crippen molar-refractivity contribution in [2.75, 3.05) is 24.5 Å². The summed E-state index contributed by atoms with van der Waals surface area (Å²) in [5.74, 6) is 0.199. The number of para-hydroxylation sites is 1. The van der Waals surface area contributed by atoms with Crippen molar-refractivity contribution in [2.24, 2.45) is 0 Å². The number of hydrogen-bond acceptors (Lipinski definition) is 2. The number of carbonyl (C=O) groups is 1. The number of rotatable bonds is 6. The van der Waals surface area contributed by atoms with Gasteiger partial charge < -0.3 is 10.2 Å². The number of anilines is 1. The highest BCUT2D eigenvalue weighted by molar-refractivity contribution is 6.30. The first-order valence-corrected chi connectivity index (χ1v) is 8.45. The van der Waals surface area contributed by atoms with Gasteiger partial charge in [-0.25, -0.2) is 0 Å². The molecule has 2 aromatic carbocycles. The Morgan fingerprint density at radius 2 is 2.00 bits per heavy atom. The SMILES string of the molecule is O=C(CCNCCc1cccc(Cl)c1)N1CCc2ccccc21. The van der Waals surface area contributed by atoms with Crippen LogP contribution in [0.15, 0.2) is 48.5 Å². The Balaban J connectivity index is 1.40. The summed E-state index contributed by atoms with van der Waals surface area (Å²) < 4.78 is 0. The third-order valence-corrected chi connectivity index (χ3v) is 4.42. The second-order valence-corrected chi connectivity index (χ2v) is 6.24. The van der Waals surface area contributed by atoms with Crippen molar-refractivity contribution in [1.82, 2.24) is 5.32 Å². The predicted octanol–water partition coefficient (Wildman–Crippen LogP) is 3.45. The molecule has 1 aliphatic heterocycles. The van der Waals surface area contributed by atoms with E-state index in [2.05, 4.69) is 17.4 Å². The molecule has 2 aromatic rings. The number of hydrogen-bond donors (Lipinski definition) is 1. The molecule has 23 heavy (non-hydrogen) atoms. The standard InChI is InChI=1S/C19H21ClN2O/c20-17-6-3-4-15(14-17)8-11-21-12-9-19(23)22-13-10-16-5-1-2-7-18(16)22/h1-7,14,21H,8-13H2. The average Bonchev–Trinajstić information content (AvgIpc) is 2.98. The predicted molar refractivity (Wildman–Crippen MR) is 95.1 cm³/mol. The lowest BCUT2D eigenvalue weighted by atomic mass is 10.1. The second kappa shape index (κ2) is 7.62. The summed E-state index contributed by atoms with van der Waals surface area (Å²) in [5.41, 5.74) is 3.57. The van der Waals surface area contributed by atoms with Crippen LogP contribution in [0, 0.1) is 0 Å². The Morgan fingerprint density at radius 1 is 1.13 bits per heavy atom. The Hall–Kier alpha value is -1.84. The maximum absolute atomic E-state index is 12.4. The Kier molecular flexibility index (Phi) is 5.31. The lowest BCUT2D eigenvalue weighted by molar-refractivity contribution is -0.118. The Bertz CT molecular complexity index is 687. The van der Waals surface area contributed by atoms with Gasteiger partial charge in [0.25, 0.3) is 0 Å². The quantitative estimate of drug-likeness (QED) is 0.824. The number of amides is 1. The zero-order chi connectivity index (χ0) is 16.1. The summed E-state index contributed by atoms with van der Waals surface area (Å²) in [5, 5.41) is 4.11. The van der Waals surface area contributed by atoms with E-state index in [4.69, 9.17) is 11.6 Å². The van der Waals surface area contributed by atoms with Crippen molar-refractivity contribution in [3.8, 4) is 0 Å². The summed E-state index contributed by atoms with van der Waals surface area (Å²) in [6.07, 6.45) is 2.41. The maximum atomic E-state index is 12.4. The summed E-state index contributed by atoms with van der Waals surface area (Å²) in [6, 6.07) is 16.1. The van der Waals surface area contributed by atoms with Crippen LogP contribution < -0.4 is 10.2 Å². The van der Waals surface area contributed by atoms with Crippen molar-refractivity contribution in [2.45, 2.75) is 19.3 Å². The number of carbonyl (C=O) groups excluding carboxylic acids is 1. The van der Waals surface area contributed by atoms with Gasteiger partial charge in [0.05, 0.1) is 0 Å². The molecule has 0 saturated carbocycles. The third kappa shape index (κ3) is 4.12. The summed E-state index contributed by atoms with van der Waals surface area (Å²) in [6.45, 7) is 2.36. The summed E-state index contributed by atoms with van der Waals surface area (Å²) in [7, 11) is 0. The van der Waals surface area contributed by atoms with E-state index >= 15 is 0 Å². The van der Waals surface area contributed by atoms with Gasteiger partial charge in [-0.05, 0) is 48.7 Å². The highest BCUT2D eigenvalue weighted by Gasteiger charge is 2.23. The van der Waals surface area contributed by atoms with Crippen molar-refractivity contribution in [3.63, 3.8) is 0 Å². The molecule has 0 bridgehead atoms. The minimum absolute atomic E-state index is 0.199. The molecular formula is C19H21ClN2O. The molecule has 0 saturated heterocycles. The molecule has 1 amide bonds. The van der Waals surface area contributed by atoms with Gasteiger partial charge in [0.15, 0.2) is 0 Å². The molecule has 120 valence electrons. The minimum Gasteiger partial charge on any atom is -0.316 e. The topological polar surface area (TPSA) is 32.3 Å². The minimum atomic E-state index is 0.199. The van der Waals surface area contributed by atoms with Gasteiger partial charge in [-0.2, -0.15) is 0 Å². The van der Waals surface area contributed by atoms with Crippen molar-refractivity contribution >= 4 is 23.2 Å². The van der Waals surface area contributed by atoms with E-state index < -0.39 is 0 Å². The molecule has 0 fully saturated rings. The van der Waals surface area contributed by atoms with Gasteiger partial charge >= 0.3 is 0 Å². The van der Waals surface area contributed by atoms with Crippen LogP contribution in [0.25, 0.3) is 0 Å². The molecule has 4 heteroatoms. The van der Waals surface area contributed by atoms with Crippen molar-refractivity contribution in [3.05, 3.63) is 64.7 Å². The molecule has 3 nitrogen and oxygen atoms in total. The number of benzene rings is 2. The van der Waals surface area contributed by atoms with E-state index in [1.807, 2.05) is 41.3 Å². The van der Waals surface area contributed by atoms with Gasteiger partial charge in [0.2, 0.25) is 5.91 Å². The third-order valence-electron chi connectivity index (χ3n) is 4.18. The van der Waals surface area contributed by atoms with Crippen LogP contribution in [0.2, 0.25) is 5.02 Å². The molecule has 0 aliphatic carbocycles. The van der Waals surface area contributed by atoms with E-state index in [9.17, 15) is 4.79 Å². The smallest absolute Gasteiger partial charge is 0.228 e. The molecule has 0 atom stereocenters. The number of fused-ring (bicyclic) bond motifs is 1. The van der Waals surface area contributed by atoms with Gasteiger partial charge in [0.1, 0.15) is 0 Å². The molecular weight excluding hydrogens is 308 g/mol. The van der Waals surface area contributed by atoms with E-state index in [1.54, 1.807) is 0 Å². The fourth-order valence-corrected chi connectivity index (χ4v) is 3.19. The van der Waals surface area contributed by atoms with Crippen molar-refractivity contribution < 1.29 is 4.79 Å². The van der Waals surface area contributed by atoms with Crippen LogP contribution in [0.5, 0.6) is 0 Å². The first kappa shape index (κ1) is 16.0. The fourth-order valence-electron chi connectivity index (χ4n) is 2.98. The van der Waals surface area contributed by atoms with E-state index in [-0.39, 0.29) is 5.91 Å². The Labute approximate surface area is 142 Å². The monoisotopic (exact) mass is 328 g/mol. The van der Waals surface area contributed by atoms with Crippen LogP contribution in [0.3, 0.4) is 0 Å². The van der Waals surface area contributed by atoms with Crippen LogP contribution in [-0.2, 0) is 17.6 Å². The summed E-state index contributed by atoms with van der Waals surface area (Å²) >= 11 is 5.97. The van der Waals surface area contributed by atoms with E-state index in [0.717, 1.165) is 36.6 Å². The van der Waals surface area contributed by atoms with Gasteiger partial charge in [0, 0.05) is 30.2 Å². The van der Waals surface area contributed by atoms with E-state index in [1.165, 1.54) is 11.1 Å². The molecule has 1 N–H and O–H groups in total. The van der Waals surface area contributed by atoms with Crippen LogP contribution >= 0.6 is 11.6 Å². The first-order chi connectivity index (χ1) is 11.2. The summed E-state index contributed by atoms with van der Waals surface area (Å²) in [4.78, 5) is 14.3. The lowest BCUT2D eigenvalue weighted by Crippen LogP contribution is -2.32. The highest BCUT2D eigenvalue weighted by atomic mass is 35.5. The molecule has 0 radical (unpaired) electrons. The average molecular weight is 329 g/mol. The van der Waals surface area contributed by atoms with Crippen LogP contribution in [0.1, 0.15) is 17.5 Å². The number of nitrogens with one attached hydrogen (secondary N) is 1. The lowest BCUT2D eigenvalue weighted by Gasteiger charge is -2.17. The molecule has 0 spiro atoms. The molecule has 0 unspecified atom stereocenters. The zero-order valence-electron chi connectivity index (χ0n) is 13.1. The molecule has 1 aliphatic rings. The van der Waals surface area contributed by atoms with Crippen molar-refractivity contribution in [1.29, 1.82) is 0 Å². The van der Waals surface area contributed by atoms with Crippen LogP contribution in [-0.4, -0.2) is 25.5 Å². The van der Waals surface area contributed by atoms with Gasteiger partial charge in [-0.3, -0.25) is 4.79 Å². The normalized spacial score (nSPS) is 13.2. The van der Waals surface area contributed by atoms with Gasteiger partial charge in [-0.15, -0.1) is 0 Å². The zero-order valence-corrected chi connectivity index (χ0v) is 13.9. The first-order valence-electron chi connectivity index (χ1n) is 8.07. The number of halogens is 1. The van der Waals surface area contributed by atoms with Crippen LogP contribution in [0.4, 0.5) is 5.69 Å². The fraction of sp³-hybridized carbons (Fsp3) is 0.316. The molecule has 1 heterocycles. The Morgan fingerprint density at radius 3 is 2.87 bits per heavy atom. The number of nitrogens with zero attached hydrogens (tertiary/aromatic N) is 1. The largest absolute Gasteiger partial charge is 0.316 e. The highest BCUT2D eigenvalue weighted by Crippen LogP contribution is 2.27. The maximum Gasteiger partial charge on any atom is 0.228 e. The molecule has 3 rings (SSSR count).